The van der Waals surface area contributed by atoms with Crippen molar-refractivity contribution in [2.75, 3.05) is 18.9 Å². The molecule has 6 rings (SSSR count). The Morgan fingerprint density at radius 3 is 0.695 bits per heavy atom. The molecule has 0 aliphatic carbocycles. The van der Waals surface area contributed by atoms with Gasteiger partial charge in [-0.15, -0.1) is 0 Å². The second kappa shape index (κ2) is 19.1. The van der Waals surface area contributed by atoms with E-state index < -0.39 is 63.2 Å². The zero-order valence-electron chi connectivity index (χ0n) is 30.3. The molecule has 0 spiro atoms. The fourth-order valence-electron chi connectivity index (χ4n) is 4.98. The van der Waals surface area contributed by atoms with Crippen LogP contribution in [0.4, 0.5) is 22.7 Å². The molecule has 0 aliphatic heterocycles. The third-order valence-electron chi connectivity index (χ3n) is 7.56. The minimum atomic E-state index is -4.01. The number of anilines is 4. The summed E-state index contributed by atoms with van der Waals surface area (Å²) in [5, 5.41) is 22.6. The van der Waals surface area contributed by atoms with Gasteiger partial charge in [0.15, 0.2) is 0 Å². The molecule has 0 saturated heterocycles. The molecule has 0 unspecified atom stereocenters. The van der Waals surface area contributed by atoms with E-state index in [2.05, 4.69) is 18.9 Å². The van der Waals surface area contributed by atoms with Crippen LogP contribution < -0.4 is 29.1 Å². The maximum absolute atomic E-state index is 12.5. The Kier molecular flexibility index (Phi) is 14.7. The van der Waals surface area contributed by atoms with Gasteiger partial charge in [-0.1, -0.05) is 72.8 Å². The molecule has 21 heteroatoms. The Labute approximate surface area is 352 Å². The summed E-state index contributed by atoms with van der Waals surface area (Å²) in [5.74, 6) is -3.18. The molecular formula is C38H30N4O12S4Zn. The van der Waals surface area contributed by atoms with E-state index in [1.807, 2.05) is 0 Å². The molecule has 0 fully saturated rings. The average Bonchev–Trinajstić information content (AvgIpc) is 3.18. The summed E-state index contributed by atoms with van der Waals surface area (Å²) in [6.07, 6.45) is 0. The topological polar surface area (TPSA) is 265 Å². The van der Waals surface area contributed by atoms with Crippen LogP contribution in [0.1, 0.15) is 20.7 Å². The first kappa shape index (κ1) is 45.6. The Morgan fingerprint density at radius 1 is 0.339 bits per heavy atom. The molecule has 4 N–H and O–H groups in total. The minimum absolute atomic E-state index is 0. The van der Waals surface area contributed by atoms with Crippen LogP contribution in [0, 0.1) is 0 Å². The van der Waals surface area contributed by atoms with Crippen molar-refractivity contribution in [3.63, 3.8) is 0 Å². The van der Waals surface area contributed by atoms with E-state index in [0.29, 0.717) is 0 Å². The van der Waals surface area contributed by atoms with Gasteiger partial charge in [0.25, 0.3) is 40.1 Å². The van der Waals surface area contributed by atoms with Crippen molar-refractivity contribution >= 4 is 74.8 Å². The van der Waals surface area contributed by atoms with Gasteiger partial charge in [0, 0.05) is 11.1 Å². The molecular weight excluding hydrogens is 898 g/mol. The number of rotatable bonds is 14. The van der Waals surface area contributed by atoms with Crippen molar-refractivity contribution < 1.29 is 73.0 Å². The zero-order chi connectivity index (χ0) is 42.1. The Hall–Kier alpha value is -6.12. The molecule has 16 nitrogen and oxygen atoms in total. The van der Waals surface area contributed by atoms with E-state index in [9.17, 15) is 53.5 Å². The fraction of sp³-hybridized carbons (Fsp3) is 0. The SMILES string of the molecule is O=C([O-])c1cc(NS(=O)(=O)c2ccccc2)cc(NS(=O)(=O)c2ccccc2)c1.O=C([O-])c1cc(NS(=O)(=O)c2ccccc2)cc(NS(=O)(=O)c2ccccc2)c1.[Zn+2]. The van der Waals surface area contributed by atoms with Gasteiger partial charge in [0.2, 0.25) is 0 Å². The number of nitrogens with one attached hydrogen (secondary N) is 4. The molecule has 0 bridgehead atoms. The van der Waals surface area contributed by atoms with Crippen molar-refractivity contribution in [3.05, 3.63) is 169 Å². The number of aromatic carboxylic acids is 2. The normalized spacial score (nSPS) is 11.4. The summed E-state index contributed by atoms with van der Waals surface area (Å²) in [4.78, 5) is 22.5. The molecule has 0 heterocycles. The van der Waals surface area contributed by atoms with Gasteiger partial charge in [-0.05, 0) is 84.9 Å². The number of hydrogen-bond acceptors (Lipinski definition) is 12. The van der Waals surface area contributed by atoms with Crippen LogP contribution >= 0.6 is 0 Å². The smallest absolute Gasteiger partial charge is 0.545 e. The largest absolute Gasteiger partial charge is 2.00 e. The van der Waals surface area contributed by atoms with Crippen molar-refractivity contribution in [2.45, 2.75) is 19.6 Å². The Bertz CT molecular complexity index is 2510. The molecule has 300 valence electrons. The van der Waals surface area contributed by atoms with E-state index in [1.54, 1.807) is 24.3 Å². The van der Waals surface area contributed by atoms with Gasteiger partial charge in [-0.2, -0.15) is 0 Å². The number of hydrogen-bond donors (Lipinski definition) is 4. The number of carboxylic acids is 2. The van der Waals surface area contributed by atoms with E-state index in [1.165, 1.54) is 109 Å². The Morgan fingerprint density at radius 2 is 0.525 bits per heavy atom. The van der Waals surface area contributed by atoms with Crippen LogP contribution in [0.5, 0.6) is 0 Å². The first-order valence-electron chi connectivity index (χ1n) is 16.4. The molecule has 0 saturated carbocycles. The van der Waals surface area contributed by atoms with E-state index in [0.717, 1.165) is 24.3 Å². The summed E-state index contributed by atoms with van der Waals surface area (Å²) in [7, 11) is -16.0. The molecule has 0 amide bonds. The average molecular weight is 928 g/mol. The van der Waals surface area contributed by atoms with E-state index in [-0.39, 0.29) is 61.8 Å². The van der Waals surface area contributed by atoms with Crippen molar-refractivity contribution in [1.82, 2.24) is 0 Å². The maximum atomic E-state index is 12.5. The predicted octanol–water partition coefficient (Wildman–Crippen LogP) is 3.30. The Balaban J connectivity index is 0.000000256. The van der Waals surface area contributed by atoms with Crippen molar-refractivity contribution in [2.24, 2.45) is 0 Å². The maximum Gasteiger partial charge on any atom is 2.00 e. The van der Waals surface area contributed by atoms with Gasteiger partial charge in [-0.25, -0.2) is 33.7 Å². The summed E-state index contributed by atoms with van der Waals surface area (Å²) in [6, 6.07) is 36.3. The molecule has 0 atom stereocenters. The quantitative estimate of drug-likeness (QED) is 0.115. The second-order valence-corrected chi connectivity index (χ2v) is 18.6. The standard InChI is InChI=1S/2C19H16N2O6S2.Zn/c2*22-19(23)14-11-15(20-28(24,25)17-7-3-1-4-8-17)13-16(12-14)21-29(26,27)18-9-5-2-6-10-18;/h2*1-13,20-21H,(H,22,23);/q;;+2/p-2. The minimum Gasteiger partial charge on any atom is -0.545 e. The number of sulfonamides is 4. The number of carboxylic acid groups (broad SMARTS) is 2. The third-order valence-corrected chi connectivity index (χ3v) is 13.1. The molecule has 6 aromatic carbocycles. The second-order valence-electron chi connectivity index (χ2n) is 11.8. The summed E-state index contributed by atoms with van der Waals surface area (Å²) in [6.45, 7) is 0. The van der Waals surface area contributed by atoms with Crippen LogP contribution in [-0.2, 0) is 59.6 Å². The van der Waals surface area contributed by atoms with Crippen LogP contribution in [0.2, 0.25) is 0 Å². The first-order chi connectivity index (χ1) is 27.3. The summed E-state index contributed by atoms with van der Waals surface area (Å²) >= 11 is 0. The van der Waals surface area contributed by atoms with Crippen LogP contribution in [0.15, 0.2) is 177 Å². The van der Waals surface area contributed by atoms with Crippen LogP contribution in [0.25, 0.3) is 0 Å². The zero-order valence-corrected chi connectivity index (χ0v) is 36.5. The molecule has 0 radical (unpaired) electrons. The van der Waals surface area contributed by atoms with E-state index in [4.69, 9.17) is 0 Å². The predicted molar refractivity (Wildman–Crippen MR) is 211 cm³/mol. The van der Waals surface area contributed by atoms with Gasteiger partial charge in [0.1, 0.15) is 0 Å². The van der Waals surface area contributed by atoms with E-state index >= 15 is 0 Å². The van der Waals surface area contributed by atoms with Gasteiger partial charge >= 0.3 is 19.5 Å². The first-order valence-corrected chi connectivity index (χ1v) is 22.3. The van der Waals surface area contributed by atoms with Crippen LogP contribution in [-0.4, -0.2) is 45.6 Å². The molecule has 59 heavy (non-hydrogen) atoms. The van der Waals surface area contributed by atoms with Crippen molar-refractivity contribution in [1.29, 1.82) is 0 Å². The fourth-order valence-corrected chi connectivity index (χ4v) is 9.23. The summed E-state index contributed by atoms with van der Waals surface area (Å²) in [5.41, 5.74) is -1.35. The molecule has 0 aliphatic rings. The number of benzene rings is 6. The summed E-state index contributed by atoms with van der Waals surface area (Å²) < 4.78 is 109. The molecule has 0 aromatic heterocycles. The monoisotopic (exact) mass is 926 g/mol. The van der Waals surface area contributed by atoms with Gasteiger partial charge in [0.05, 0.1) is 54.3 Å². The molecule has 6 aromatic rings. The van der Waals surface area contributed by atoms with Crippen molar-refractivity contribution in [3.8, 4) is 0 Å². The third kappa shape index (κ3) is 12.4. The van der Waals surface area contributed by atoms with Gasteiger partial charge in [-0.3, -0.25) is 18.9 Å². The number of carbonyl (C=O) groups is 2. The number of carbonyl (C=O) groups excluding carboxylic acids is 2. The van der Waals surface area contributed by atoms with Crippen LogP contribution in [0.3, 0.4) is 0 Å². The van der Waals surface area contributed by atoms with Gasteiger partial charge < -0.3 is 19.8 Å².